The fraction of sp³-hybridized carbons (Fsp3) is 0.375. The molecule has 1 heterocycles. The Morgan fingerprint density at radius 1 is 1.40 bits per heavy atom. The largest absolute Gasteiger partial charge is 0.341 e. The number of aromatic nitrogens is 1. The summed E-state index contributed by atoms with van der Waals surface area (Å²) in [6.07, 6.45) is 2.80. The van der Waals surface area contributed by atoms with Gasteiger partial charge in [-0.3, -0.25) is 4.79 Å². The van der Waals surface area contributed by atoms with Gasteiger partial charge in [0.2, 0.25) is 0 Å². The summed E-state index contributed by atoms with van der Waals surface area (Å²) in [6, 6.07) is 7.63. The van der Waals surface area contributed by atoms with Crippen LogP contribution in [0, 0.1) is 11.8 Å². The lowest BCUT2D eigenvalue weighted by Crippen LogP contribution is -2.29. The molecule has 2 unspecified atom stereocenters. The Bertz CT molecular complexity index is 671. The molecule has 3 rings (SSSR count). The number of nitrogens with zero attached hydrogens (tertiary/aromatic N) is 2. The Morgan fingerprint density at radius 3 is 2.70 bits per heavy atom. The first-order valence-corrected chi connectivity index (χ1v) is 7.24. The zero-order valence-corrected chi connectivity index (χ0v) is 12.4. The van der Waals surface area contributed by atoms with Crippen molar-refractivity contribution in [1.29, 1.82) is 0 Å². The van der Waals surface area contributed by atoms with E-state index in [1.807, 2.05) is 31.3 Å². The second-order valence-electron chi connectivity index (χ2n) is 5.67. The van der Waals surface area contributed by atoms with E-state index in [-0.39, 0.29) is 5.91 Å². The lowest BCUT2D eigenvalue weighted by Gasteiger charge is -2.18. The van der Waals surface area contributed by atoms with Gasteiger partial charge in [0.25, 0.3) is 5.91 Å². The number of rotatable bonds is 3. The second kappa shape index (κ2) is 5.06. The number of halogens is 1. The van der Waals surface area contributed by atoms with Crippen molar-refractivity contribution in [3.8, 4) is 0 Å². The van der Waals surface area contributed by atoms with Gasteiger partial charge in [-0.05, 0) is 23.6 Å². The van der Waals surface area contributed by atoms with Gasteiger partial charge >= 0.3 is 0 Å². The van der Waals surface area contributed by atoms with Gasteiger partial charge in [0.1, 0.15) is 5.15 Å². The lowest BCUT2D eigenvalue weighted by molar-refractivity contribution is 0.0788. The van der Waals surface area contributed by atoms with E-state index in [0.29, 0.717) is 16.6 Å². The Kier molecular flexibility index (Phi) is 3.38. The minimum absolute atomic E-state index is 0.0180. The normalized spacial score (nSPS) is 20.9. The highest BCUT2D eigenvalue weighted by molar-refractivity contribution is 6.34. The summed E-state index contributed by atoms with van der Waals surface area (Å²) in [7, 11) is 1.86. The van der Waals surface area contributed by atoms with Gasteiger partial charge in [-0.25, -0.2) is 4.98 Å². The van der Waals surface area contributed by atoms with Crippen molar-refractivity contribution in [2.75, 3.05) is 13.6 Å². The number of benzene rings is 1. The van der Waals surface area contributed by atoms with Crippen LogP contribution in [0.5, 0.6) is 0 Å². The third kappa shape index (κ3) is 2.38. The molecule has 0 bridgehead atoms. The SMILES string of the molecule is CC1CC1CN(C)C(=O)c1cnc(Cl)c2ccccc12. The Balaban J connectivity index is 1.93. The molecule has 1 fully saturated rings. The Labute approximate surface area is 123 Å². The number of hydrogen-bond acceptors (Lipinski definition) is 2. The molecule has 1 aliphatic carbocycles. The summed E-state index contributed by atoms with van der Waals surface area (Å²) in [5.74, 6) is 1.41. The smallest absolute Gasteiger partial charge is 0.255 e. The van der Waals surface area contributed by atoms with E-state index in [1.165, 1.54) is 6.42 Å². The highest BCUT2D eigenvalue weighted by Gasteiger charge is 2.34. The molecule has 0 spiro atoms. The van der Waals surface area contributed by atoms with Crippen molar-refractivity contribution in [3.05, 3.63) is 41.2 Å². The minimum atomic E-state index is 0.0180. The predicted molar refractivity (Wildman–Crippen MR) is 81.0 cm³/mol. The van der Waals surface area contributed by atoms with Crippen molar-refractivity contribution in [3.63, 3.8) is 0 Å². The zero-order chi connectivity index (χ0) is 14.3. The van der Waals surface area contributed by atoms with Crippen LogP contribution in [0.4, 0.5) is 0 Å². The van der Waals surface area contributed by atoms with Crippen molar-refractivity contribution in [2.24, 2.45) is 11.8 Å². The molecule has 0 radical (unpaired) electrons. The van der Waals surface area contributed by atoms with Gasteiger partial charge in [-0.2, -0.15) is 0 Å². The van der Waals surface area contributed by atoms with Crippen molar-refractivity contribution in [1.82, 2.24) is 9.88 Å². The summed E-state index contributed by atoms with van der Waals surface area (Å²) < 4.78 is 0. The third-order valence-corrected chi connectivity index (χ3v) is 4.41. The highest BCUT2D eigenvalue weighted by Crippen LogP contribution is 2.38. The molecule has 4 heteroatoms. The maximum atomic E-state index is 12.6. The molecule has 1 saturated carbocycles. The number of pyridine rings is 1. The molecule has 2 atom stereocenters. The molecule has 104 valence electrons. The number of hydrogen-bond donors (Lipinski definition) is 0. The molecule has 0 aliphatic heterocycles. The zero-order valence-electron chi connectivity index (χ0n) is 11.6. The molecule has 20 heavy (non-hydrogen) atoms. The van der Waals surface area contributed by atoms with E-state index in [9.17, 15) is 4.79 Å². The molecular weight excluding hydrogens is 272 g/mol. The minimum Gasteiger partial charge on any atom is -0.341 e. The standard InChI is InChI=1S/C16H17ClN2O/c1-10-7-11(10)9-19(2)16(20)14-8-18-15(17)13-6-4-3-5-12(13)14/h3-6,8,10-11H,7,9H2,1-2H3. The monoisotopic (exact) mass is 288 g/mol. The van der Waals surface area contributed by atoms with Crippen LogP contribution in [-0.4, -0.2) is 29.4 Å². The molecule has 0 saturated heterocycles. The quantitative estimate of drug-likeness (QED) is 0.808. The Hall–Kier alpha value is -1.61. The molecule has 2 aromatic rings. The van der Waals surface area contributed by atoms with Gasteiger partial charge in [0.15, 0.2) is 0 Å². The molecule has 1 amide bonds. The number of carbonyl (C=O) groups excluding carboxylic acids is 1. The van der Waals surface area contributed by atoms with Crippen LogP contribution in [-0.2, 0) is 0 Å². The van der Waals surface area contributed by atoms with Crippen LogP contribution in [0.3, 0.4) is 0 Å². The van der Waals surface area contributed by atoms with Crippen molar-refractivity contribution >= 4 is 28.3 Å². The van der Waals surface area contributed by atoms with Crippen LogP contribution >= 0.6 is 11.6 Å². The van der Waals surface area contributed by atoms with Gasteiger partial charge < -0.3 is 4.90 Å². The van der Waals surface area contributed by atoms with Gasteiger partial charge in [-0.15, -0.1) is 0 Å². The van der Waals surface area contributed by atoms with Crippen molar-refractivity contribution < 1.29 is 4.79 Å². The maximum absolute atomic E-state index is 12.6. The Morgan fingerprint density at radius 2 is 2.05 bits per heavy atom. The first-order chi connectivity index (χ1) is 9.58. The molecule has 1 aliphatic rings. The fourth-order valence-electron chi connectivity index (χ4n) is 2.62. The van der Waals surface area contributed by atoms with Gasteiger partial charge in [0, 0.05) is 25.2 Å². The van der Waals surface area contributed by atoms with E-state index in [1.54, 1.807) is 11.1 Å². The average Bonchev–Trinajstić information content (AvgIpc) is 3.14. The molecule has 1 aromatic heterocycles. The van der Waals surface area contributed by atoms with E-state index in [2.05, 4.69) is 11.9 Å². The first-order valence-electron chi connectivity index (χ1n) is 6.86. The van der Waals surface area contributed by atoms with Crippen LogP contribution in [0.2, 0.25) is 5.15 Å². The summed E-state index contributed by atoms with van der Waals surface area (Å²) in [6.45, 7) is 3.04. The maximum Gasteiger partial charge on any atom is 0.255 e. The van der Waals surface area contributed by atoms with Crippen LogP contribution in [0.25, 0.3) is 10.8 Å². The summed E-state index contributed by atoms with van der Waals surface area (Å²) in [5, 5.41) is 2.14. The number of fused-ring (bicyclic) bond motifs is 1. The lowest BCUT2D eigenvalue weighted by atomic mass is 10.1. The molecule has 0 N–H and O–H groups in total. The summed E-state index contributed by atoms with van der Waals surface area (Å²) >= 11 is 6.09. The predicted octanol–water partition coefficient (Wildman–Crippen LogP) is 3.62. The first kappa shape index (κ1) is 13.4. The van der Waals surface area contributed by atoms with Crippen LogP contribution in [0.15, 0.2) is 30.5 Å². The van der Waals surface area contributed by atoms with Crippen LogP contribution in [0.1, 0.15) is 23.7 Å². The van der Waals surface area contributed by atoms with Gasteiger partial charge in [-0.1, -0.05) is 42.8 Å². The number of amides is 1. The molecule has 1 aromatic carbocycles. The average molecular weight is 289 g/mol. The molecular formula is C16H17ClN2O. The van der Waals surface area contributed by atoms with Gasteiger partial charge in [0.05, 0.1) is 5.56 Å². The van der Waals surface area contributed by atoms with Crippen LogP contribution < -0.4 is 0 Å². The number of carbonyl (C=O) groups is 1. The van der Waals surface area contributed by atoms with E-state index in [4.69, 9.17) is 11.6 Å². The van der Waals surface area contributed by atoms with E-state index < -0.39 is 0 Å². The summed E-state index contributed by atoms with van der Waals surface area (Å²) in [5.41, 5.74) is 0.626. The highest BCUT2D eigenvalue weighted by atomic mass is 35.5. The van der Waals surface area contributed by atoms with E-state index in [0.717, 1.165) is 23.2 Å². The summed E-state index contributed by atoms with van der Waals surface area (Å²) in [4.78, 5) is 18.5. The van der Waals surface area contributed by atoms with E-state index >= 15 is 0 Å². The topological polar surface area (TPSA) is 33.2 Å². The fourth-order valence-corrected chi connectivity index (χ4v) is 2.84. The van der Waals surface area contributed by atoms with Crippen molar-refractivity contribution in [2.45, 2.75) is 13.3 Å². The third-order valence-electron chi connectivity index (χ3n) is 4.11. The second-order valence-corrected chi connectivity index (χ2v) is 6.03. The molecule has 3 nitrogen and oxygen atoms in total.